The number of rotatable bonds is 0. The molecule has 156 valence electrons. The Labute approximate surface area is 196 Å². The molecule has 0 saturated heterocycles. The summed E-state index contributed by atoms with van der Waals surface area (Å²) in [6, 6.07) is 23.0. The molecule has 0 aliphatic rings. The van der Waals surface area contributed by atoms with E-state index in [1.54, 1.807) is 0 Å². The van der Waals surface area contributed by atoms with Crippen molar-refractivity contribution in [3.05, 3.63) is 105 Å². The highest BCUT2D eigenvalue weighted by Crippen LogP contribution is 2.24. The Kier molecular flexibility index (Phi) is 6.79. The van der Waals surface area contributed by atoms with Crippen LogP contribution in [0.25, 0.3) is 0 Å². The topological polar surface area (TPSA) is 0 Å². The van der Waals surface area contributed by atoms with Gasteiger partial charge in [-0.1, -0.05) is 95.6 Å². The first-order valence-corrected chi connectivity index (χ1v) is 11.4. The smallest absolute Gasteiger partial charge is 0.0488 e. The molecule has 3 aromatic rings. The van der Waals surface area contributed by atoms with E-state index in [0.29, 0.717) is 0 Å². The Hall–Kier alpha value is -2.74. The normalized spacial score (nSPS) is 11.2. The molecule has 0 fully saturated rings. The fourth-order valence-corrected chi connectivity index (χ4v) is 3.57. The van der Waals surface area contributed by atoms with Crippen LogP contribution in [0.1, 0.15) is 74.9 Å². The van der Waals surface area contributed by atoms with Gasteiger partial charge in [0.15, 0.2) is 0 Å². The Morgan fingerprint density at radius 2 is 0.871 bits per heavy atom. The van der Waals surface area contributed by atoms with E-state index in [1.807, 2.05) is 18.2 Å². The molecule has 0 aliphatic heterocycles. The Balaban J connectivity index is 1.82. The molecule has 3 rings (SSSR count). The van der Waals surface area contributed by atoms with Gasteiger partial charge in [0.05, 0.1) is 0 Å². The molecule has 0 aliphatic carbocycles. The van der Waals surface area contributed by atoms with Crippen molar-refractivity contribution in [2.45, 2.75) is 52.4 Å². The van der Waals surface area contributed by atoms with E-state index < -0.39 is 0 Å². The lowest BCUT2D eigenvalue weighted by Gasteiger charge is -2.18. The van der Waals surface area contributed by atoms with Gasteiger partial charge in [0.2, 0.25) is 0 Å². The highest BCUT2D eigenvalue weighted by molar-refractivity contribution is 9.10. The molecule has 31 heavy (non-hydrogen) atoms. The van der Waals surface area contributed by atoms with Gasteiger partial charge in [-0.05, 0) is 74.3 Å². The summed E-state index contributed by atoms with van der Waals surface area (Å²) in [5, 5.41) is 0. The molecule has 0 unspecified atom stereocenters. The lowest BCUT2D eigenvalue weighted by Crippen LogP contribution is -2.10. The molecule has 3 aromatic carbocycles. The average Bonchev–Trinajstić information content (AvgIpc) is 2.71. The van der Waals surface area contributed by atoms with E-state index in [-0.39, 0.29) is 10.8 Å². The molecule has 0 saturated carbocycles. The molecule has 0 N–H and O–H groups in total. The predicted molar refractivity (Wildman–Crippen MR) is 136 cm³/mol. The summed E-state index contributed by atoms with van der Waals surface area (Å²) >= 11 is 3.70. The summed E-state index contributed by atoms with van der Waals surface area (Å²) < 4.78 is 0.938. The fraction of sp³-hybridized carbons (Fsp3) is 0.267. The molecular formula is C30H29Br. The summed E-state index contributed by atoms with van der Waals surface area (Å²) in [5.41, 5.74) is 6.82. The van der Waals surface area contributed by atoms with Crippen LogP contribution in [-0.4, -0.2) is 0 Å². The third-order valence-electron chi connectivity index (χ3n) is 5.18. The van der Waals surface area contributed by atoms with Crippen LogP contribution in [0.4, 0.5) is 0 Å². The Morgan fingerprint density at radius 3 is 1.19 bits per heavy atom. The third kappa shape index (κ3) is 6.13. The van der Waals surface area contributed by atoms with Crippen molar-refractivity contribution in [2.75, 3.05) is 0 Å². The quantitative estimate of drug-likeness (QED) is 0.294. The molecule has 0 atom stereocenters. The molecule has 0 nitrogen and oxygen atoms in total. The van der Waals surface area contributed by atoms with E-state index >= 15 is 0 Å². The largest absolute Gasteiger partial charge is 0.0616 e. The minimum absolute atomic E-state index is 0.148. The fourth-order valence-electron chi connectivity index (χ4n) is 3.11. The highest BCUT2D eigenvalue weighted by Gasteiger charge is 2.13. The number of hydrogen-bond acceptors (Lipinski definition) is 0. The van der Waals surface area contributed by atoms with Gasteiger partial charge in [0, 0.05) is 26.7 Å². The van der Waals surface area contributed by atoms with Crippen LogP contribution in [0, 0.1) is 23.7 Å². The second-order valence-electron chi connectivity index (χ2n) is 9.82. The van der Waals surface area contributed by atoms with Gasteiger partial charge in [-0.3, -0.25) is 0 Å². The van der Waals surface area contributed by atoms with E-state index in [1.165, 1.54) is 11.1 Å². The van der Waals surface area contributed by atoms with Crippen molar-refractivity contribution in [1.29, 1.82) is 0 Å². The number of hydrogen-bond donors (Lipinski definition) is 0. The minimum Gasteiger partial charge on any atom is -0.0616 e. The van der Waals surface area contributed by atoms with E-state index in [2.05, 4.69) is 130 Å². The maximum Gasteiger partial charge on any atom is 0.0488 e. The van der Waals surface area contributed by atoms with Crippen LogP contribution in [-0.2, 0) is 10.8 Å². The first-order chi connectivity index (χ1) is 14.5. The minimum atomic E-state index is 0.148. The van der Waals surface area contributed by atoms with Gasteiger partial charge in [-0.2, -0.15) is 0 Å². The van der Waals surface area contributed by atoms with Crippen molar-refractivity contribution in [3.8, 4) is 23.7 Å². The maximum atomic E-state index is 3.70. The lowest BCUT2D eigenvalue weighted by atomic mass is 9.87. The van der Waals surface area contributed by atoms with Crippen LogP contribution in [0.2, 0.25) is 0 Å². The Morgan fingerprint density at radius 1 is 0.516 bits per heavy atom. The molecule has 0 heterocycles. The van der Waals surface area contributed by atoms with Gasteiger partial charge in [0.1, 0.15) is 0 Å². The molecule has 0 radical (unpaired) electrons. The summed E-state index contributed by atoms with van der Waals surface area (Å²) in [4.78, 5) is 0. The maximum absolute atomic E-state index is 3.70. The van der Waals surface area contributed by atoms with Crippen molar-refractivity contribution >= 4 is 15.9 Å². The van der Waals surface area contributed by atoms with Crippen molar-refractivity contribution < 1.29 is 0 Å². The zero-order valence-electron chi connectivity index (χ0n) is 19.2. The molecule has 0 aromatic heterocycles. The van der Waals surface area contributed by atoms with E-state index in [9.17, 15) is 0 Å². The zero-order valence-corrected chi connectivity index (χ0v) is 20.8. The van der Waals surface area contributed by atoms with E-state index in [4.69, 9.17) is 0 Å². The standard InChI is InChI=1S/C30H29Br/c1-29(2,3)26-18-12-22(13-19-26)10-16-24-8-7-9-25(28(24)31)17-11-23-14-20-27(21-15-23)30(4,5)6/h7-9,12-15,18-21H,1-6H3. The molecular weight excluding hydrogens is 440 g/mol. The number of benzene rings is 3. The molecule has 0 spiro atoms. The van der Waals surface area contributed by atoms with Gasteiger partial charge in [-0.15, -0.1) is 0 Å². The van der Waals surface area contributed by atoms with Crippen molar-refractivity contribution in [1.82, 2.24) is 0 Å². The van der Waals surface area contributed by atoms with Gasteiger partial charge < -0.3 is 0 Å². The SMILES string of the molecule is CC(C)(C)c1ccc(C#Cc2cccc(C#Cc3ccc(C(C)(C)C)cc3)c2Br)cc1. The van der Waals surface area contributed by atoms with Crippen molar-refractivity contribution in [2.24, 2.45) is 0 Å². The summed E-state index contributed by atoms with van der Waals surface area (Å²) in [5.74, 6) is 13.1. The molecule has 0 bridgehead atoms. The zero-order chi connectivity index (χ0) is 22.6. The first-order valence-electron chi connectivity index (χ1n) is 10.6. The van der Waals surface area contributed by atoms with Crippen LogP contribution in [0.15, 0.2) is 71.2 Å². The number of halogens is 1. The second-order valence-corrected chi connectivity index (χ2v) is 10.6. The predicted octanol–water partition coefficient (Wildman–Crippen LogP) is 7.84. The van der Waals surface area contributed by atoms with Gasteiger partial charge >= 0.3 is 0 Å². The van der Waals surface area contributed by atoms with Crippen molar-refractivity contribution in [3.63, 3.8) is 0 Å². The summed E-state index contributed by atoms with van der Waals surface area (Å²) in [6.07, 6.45) is 0. The monoisotopic (exact) mass is 468 g/mol. The first kappa shape index (κ1) is 22.9. The van der Waals surface area contributed by atoms with Gasteiger partial charge in [0.25, 0.3) is 0 Å². The van der Waals surface area contributed by atoms with Crippen LogP contribution < -0.4 is 0 Å². The molecule has 1 heteroatoms. The third-order valence-corrected chi connectivity index (χ3v) is 6.04. The van der Waals surface area contributed by atoms with Crippen LogP contribution in [0.5, 0.6) is 0 Å². The highest BCUT2D eigenvalue weighted by atomic mass is 79.9. The average molecular weight is 469 g/mol. The summed E-state index contributed by atoms with van der Waals surface area (Å²) in [6.45, 7) is 13.3. The summed E-state index contributed by atoms with van der Waals surface area (Å²) in [7, 11) is 0. The molecule has 0 amide bonds. The van der Waals surface area contributed by atoms with Gasteiger partial charge in [-0.25, -0.2) is 0 Å². The second kappa shape index (κ2) is 9.18. The Bertz CT molecular complexity index is 1080. The van der Waals surface area contributed by atoms with Crippen LogP contribution >= 0.6 is 15.9 Å². The lowest BCUT2D eigenvalue weighted by molar-refractivity contribution is 0.590. The van der Waals surface area contributed by atoms with E-state index in [0.717, 1.165) is 26.7 Å². The van der Waals surface area contributed by atoms with Crippen LogP contribution in [0.3, 0.4) is 0 Å².